The summed E-state index contributed by atoms with van der Waals surface area (Å²) in [5.74, 6) is 1.61. The number of ether oxygens (including phenoxy) is 1. The summed E-state index contributed by atoms with van der Waals surface area (Å²) in [7, 11) is 0. The summed E-state index contributed by atoms with van der Waals surface area (Å²) in [5.41, 5.74) is 1.55. The molecule has 8 nitrogen and oxygen atoms in total. The molecule has 0 bridgehead atoms. The molecule has 3 heterocycles. The number of anilines is 1. The van der Waals surface area contributed by atoms with Crippen molar-refractivity contribution in [1.29, 1.82) is 0 Å². The van der Waals surface area contributed by atoms with Crippen LogP contribution >= 0.6 is 11.8 Å². The van der Waals surface area contributed by atoms with Gasteiger partial charge in [-0.1, -0.05) is 0 Å². The Labute approximate surface area is 182 Å². The summed E-state index contributed by atoms with van der Waals surface area (Å²) >= 11 is 1.65. The lowest BCUT2D eigenvalue weighted by molar-refractivity contribution is -0.119. The van der Waals surface area contributed by atoms with Crippen LogP contribution in [0, 0.1) is 5.82 Å². The van der Waals surface area contributed by atoms with Gasteiger partial charge in [0.15, 0.2) is 0 Å². The molecule has 0 saturated carbocycles. The standard InChI is InChI=1S/C21H21FN4O4S/c1-14(27)23-8-18-10-26(21(28)30-18)16-4-5-20(19(22)7-16)25-9-15(24-13-25)11-31-12-17-3-2-6-29-17/h2-7,9,13,18H,8,10-12H2,1H3,(H,23,27). The molecular formula is C21H21FN4O4S. The van der Waals surface area contributed by atoms with E-state index in [-0.39, 0.29) is 19.0 Å². The van der Waals surface area contributed by atoms with Crippen molar-refractivity contribution in [1.82, 2.24) is 14.9 Å². The zero-order valence-corrected chi connectivity index (χ0v) is 17.6. The van der Waals surface area contributed by atoms with Crippen LogP contribution in [0.3, 0.4) is 0 Å². The molecule has 10 heteroatoms. The zero-order chi connectivity index (χ0) is 21.8. The predicted molar refractivity (Wildman–Crippen MR) is 114 cm³/mol. The number of benzene rings is 1. The van der Waals surface area contributed by atoms with Gasteiger partial charge < -0.3 is 19.0 Å². The fraction of sp³-hybridized carbons (Fsp3) is 0.286. The van der Waals surface area contributed by atoms with E-state index in [1.807, 2.05) is 12.1 Å². The van der Waals surface area contributed by atoms with E-state index >= 15 is 0 Å². The van der Waals surface area contributed by atoms with E-state index < -0.39 is 18.0 Å². The van der Waals surface area contributed by atoms with Crippen molar-refractivity contribution in [2.45, 2.75) is 24.5 Å². The number of nitrogens with one attached hydrogen (secondary N) is 1. The quantitative estimate of drug-likeness (QED) is 0.572. The highest BCUT2D eigenvalue weighted by atomic mass is 32.2. The second-order valence-corrected chi connectivity index (χ2v) is 8.02. The molecule has 1 atom stereocenters. The minimum atomic E-state index is -0.569. The first-order chi connectivity index (χ1) is 15.0. The van der Waals surface area contributed by atoms with E-state index in [4.69, 9.17) is 9.15 Å². The number of carbonyl (C=O) groups excluding carboxylic acids is 2. The van der Waals surface area contributed by atoms with E-state index in [2.05, 4.69) is 10.3 Å². The number of thioether (sulfide) groups is 1. The highest BCUT2D eigenvalue weighted by Crippen LogP contribution is 2.26. The number of rotatable bonds is 8. The predicted octanol–water partition coefficient (Wildman–Crippen LogP) is 3.50. The topological polar surface area (TPSA) is 89.6 Å². The fourth-order valence-corrected chi connectivity index (χ4v) is 4.02. The third-order valence-electron chi connectivity index (χ3n) is 4.68. The molecule has 0 aliphatic carbocycles. The third kappa shape index (κ3) is 5.08. The Morgan fingerprint density at radius 2 is 2.23 bits per heavy atom. The molecule has 1 saturated heterocycles. The third-order valence-corrected chi connectivity index (χ3v) is 5.67. The lowest BCUT2D eigenvalue weighted by Crippen LogP contribution is -2.33. The van der Waals surface area contributed by atoms with Crippen molar-refractivity contribution in [3.05, 3.63) is 66.4 Å². The number of amides is 2. The van der Waals surface area contributed by atoms with Crippen molar-refractivity contribution >= 4 is 29.4 Å². The number of hydrogen-bond donors (Lipinski definition) is 1. The van der Waals surface area contributed by atoms with Gasteiger partial charge in [-0.05, 0) is 30.3 Å². The molecule has 1 unspecified atom stereocenters. The Morgan fingerprint density at radius 1 is 1.35 bits per heavy atom. The lowest BCUT2D eigenvalue weighted by Gasteiger charge is -2.14. The van der Waals surface area contributed by atoms with Crippen LogP contribution in [-0.2, 0) is 21.0 Å². The van der Waals surface area contributed by atoms with Crippen molar-refractivity contribution in [3.8, 4) is 5.69 Å². The summed E-state index contributed by atoms with van der Waals surface area (Å²) in [6.45, 7) is 1.84. The monoisotopic (exact) mass is 444 g/mol. The van der Waals surface area contributed by atoms with Crippen LogP contribution < -0.4 is 10.2 Å². The maximum absolute atomic E-state index is 14.8. The van der Waals surface area contributed by atoms with Gasteiger partial charge in [0, 0.05) is 18.9 Å². The molecule has 0 radical (unpaired) electrons. The van der Waals surface area contributed by atoms with E-state index in [1.54, 1.807) is 47.2 Å². The van der Waals surface area contributed by atoms with Gasteiger partial charge in [0.2, 0.25) is 5.91 Å². The normalized spacial score (nSPS) is 15.9. The molecule has 31 heavy (non-hydrogen) atoms. The smallest absolute Gasteiger partial charge is 0.414 e. The van der Waals surface area contributed by atoms with Crippen LogP contribution in [0.4, 0.5) is 14.9 Å². The number of furan rings is 1. The van der Waals surface area contributed by atoms with Crippen molar-refractivity contribution in [2.75, 3.05) is 18.0 Å². The van der Waals surface area contributed by atoms with Crippen LogP contribution in [0.1, 0.15) is 18.4 Å². The number of aromatic nitrogens is 2. The maximum atomic E-state index is 14.8. The van der Waals surface area contributed by atoms with Gasteiger partial charge in [0.05, 0.1) is 48.5 Å². The molecule has 0 spiro atoms. The number of carbonyl (C=O) groups is 2. The van der Waals surface area contributed by atoms with E-state index in [9.17, 15) is 14.0 Å². The molecule has 1 aromatic carbocycles. The molecule has 3 aromatic rings. The highest BCUT2D eigenvalue weighted by Gasteiger charge is 2.32. The summed E-state index contributed by atoms with van der Waals surface area (Å²) in [6, 6.07) is 8.32. The van der Waals surface area contributed by atoms with Gasteiger partial charge in [-0.25, -0.2) is 14.2 Å². The Balaban J connectivity index is 1.39. The SMILES string of the molecule is CC(=O)NCC1CN(c2ccc(-n3cnc(CSCc4ccco4)c3)c(F)c2)C(=O)O1. The Bertz CT molecular complexity index is 1070. The average Bonchev–Trinajstić information content (AvgIpc) is 3.48. The molecular weight excluding hydrogens is 423 g/mol. The van der Waals surface area contributed by atoms with E-state index in [1.165, 1.54) is 17.9 Å². The largest absolute Gasteiger partial charge is 0.468 e. The molecule has 2 aromatic heterocycles. The molecule has 1 N–H and O–H groups in total. The molecule has 4 rings (SSSR count). The van der Waals surface area contributed by atoms with E-state index in [0.29, 0.717) is 17.1 Å². The summed E-state index contributed by atoms with van der Waals surface area (Å²) < 4.78 is 27.0. The molecule has 1 aliphatic rings. The fourth-order valence-electron chi connectivity index (χ4n) is 3.19. The van der Waals surface area contributed by atoms with Gasteiger partial charge in [-0.2, -0.15) is 0 Å². The molecule has 1 fully saturated rings. The number of imidazole rings is 1. The highest BCUT2D eigenvalue weighted by molar-refractivity contribution is 7.97. The van der Waals surface area contributed by atoms with Crippen molar-refractivity contribution in [3.63, 3.8) is 0 Å². The van der Waals surface area contributed by atoms with Crippen LogP contribution in [0.2, 0.25) is 0 Å². The van der Waals surface area contributed by atoms with Gasteiger partial charge in [0.1, 0.15) is 17.7 Å². The molecule has 1 aliphatic heterocycles. The summed E-state index contributed by atoms with van der Waals surface area (Å²) in [4.78, 5) is 28.9. The summed E-state index contributed by atoms with van der Waals surface area (Å²) in [6.07, 6.45) is 3.94. The van der Waals surface area contributed by atoms with Crippen LogP contribution in [0.25, 0.3) is 5.69 Å². The maximum Gasteiger partial charge on any atom is 0.414 e. The van der Waals surface area contributed by atoms with Crippen LogP contribution in [-0.4, -0.2) is 40.7 Å². The lowest BCUT2D eigenvalue weighted by atomic mass is 10.2. The van der Waals surface area contributed by atoms with E-state index in [0.717, 1.165) is 17.2 Å². The first-order valence-corrected chi connectivity index (χ1v) is 10.8. The zero-order valence-electron chi connectivity index (χ0n) is 16.8. The molecule has 2 amide bonds. The second kappa shape index (κ2) is 9.25. The second-order valence-electron chi connectivity index (χ2n) is 7.03. The Hall–Kier alpha value is -3.27. The molecule has 162 valence electrons. The van der Waals surface area contributed by atoms with Gasteiger partial charge >= 0.3 is 6.09 Å². The Morgan fingerprint density at radius 3 is 2.97 bits per heavy atom. The first kappa shape index (κ1) is 21.0. The van der Waals surface area contributed by atoms with Crippen molar-refractivity contribution < 1.29 is 23.1 Å². The number of hydrogen-bond acceptors (Lipinski definition) is 6. The Kier molecular flexibility index (Phi) is 6.26. The van der Waals surface area contributed by atoms with Crippen LogP contribution in [0.5, 0.6) is 0 Å². The van der Waals surface area contributed by atoms with Crippen LogP contribution in [0.15, 0.2) is 53.5 Å². The number of cyclic esters (lactones) is 1. The van der Waals surface area contributed by atoms with Gasteiger partial charge in [0.25, 0.3) is 0 Å². The minimum Gasteiger partial charge on any atom is -0.468 e. The minimum absolute atomic E-state index is 0.205. The number of nitrogens with zero attached hydrogens (tertiary/aromatic N) is 3. The van der Waals surface area contributed by atoms with Gasteiger partial charge in [-0.3, -0.25) is 9.69 Å². The summed E-state index contributed by atoms with van der Waals surface area (Å²) in [5, 5.41) is 2.61. The average molecular weight is 444 g/mol. The van der Waals surface area contributed by atoms with Gasteiger partial charge in [-0.15, -0.1) is 11.8 Å². The first-order valence-electron chi connectivity index (χ1n) is 9.65. The van der Waals surface area contributed by atoms with Crippen molar-refractivity contribution in [2.24, 2.45) is 0 Å². The number of halogens is 1.